The summed E-state index contributed by atoms with van der Waals surface area (Å²) >= 11 is 0. The predicted octanol–water partition coefficient (Wildman–Crippen LogP) is 1.66. The minimum Gasteiger partial charge on any atom is -0.258 e. The average molecular weight is 309 g/mol. The predicted molar refractivity (Wildman–Crippen MR) is 75.6 cm³/mol. The molecule has 8 heteroatoms. The molecular weight excluding hydrogens is 294 g/mol. The van der Waals surface area contributed by atoms with Crippen LogP contribution in [0.5, 0.6) is 0 Å². The molecule has 1 heterocycles. The van der Waals surface area contributed by atoms with E-state index in [1.807, 2.05) is 0 Å². The molecule has 0 amide bonds. The molecule has 21 heavy (non-hydrogen) atoms. The van der Waals surface area contributed by atoms with E-state index in [0.29, 0.717) is 31.5 Å². The van der Waals surface area contributed by atoms with Gasteiger partial charge in [0.05, 0.1) is 16.7 Å². The van der Waals surface area contributed by atoms with Gasteiger partial charge in [0, 0.05) is 31.1 Å². The van der Waals surface area contributed by atoms with Crippen molar-refractivity contribution in [1.29, 1.82) is 5.26 Å². The molecule has 1 aliphatic rings. The second-order valence-electron chi connectivity index (χ2n) is 4.98. The van der Waals surface area contributed by atoms with E-state index in [9.17, 15) is 18.5 Å². The number of non-ortho nitro benzene ring substituents is 1. The van der Waals surface area contributed by atoms with E-state index in [1.165, 1.54) is 28.6 Å². The Morgan fingerprint density at radius 2 is 1.86 bits per heavy atom. The quantitative estimate of drug-likeness (QED) is 0.621. The smallest absolute Gasteiger partial charge is 0.258 e. The number of benzene rings is 1. The lowest BCUT2D eigenvalue weighted by molar-refractivity contribution is -0.384. The third-order valence-corrected chi connectivity index (χ3v) is 5.38. The zero-order valence-corrected chi connectivity index (χ0v) is 12.1. The molecule has 0 bridgehead atoms. The van der Waals surface area contributed by atoms with E-state index in [-0.39, 0.29) is 17.4 Å². The van der Waals surface area contributed by atoms with Crippen LogP contribution in [0.3, 0.4) is 0 Å². The van der Waals surface area contributed by atoms with Crippen molar-refractivity contribution >= 4 is 15.7 Å². The highest BCUT2D eigenvalue weighted by Crippen LogP contribution is 2.21. The SMILES string of the molecule is N#CC1CCN(S(=O)(=O)Cc2ccc([N+](=O)[O-])cc2)CC1. The van der Waals surface area contributed by atoms with E-state index in [2.05, 4.69) is 6.07 Å². The first kappa shape index (κ1) is 15.4. The van der Waals surface area contributed by atoms with Crippen molar-refractivity contribution < 1.29 is 13.3 Å². The molecule has 0 aliphatic carbocycles. The highest BCUT2D eigenvalue weighted by molar-refractivity contribution is 7.88. The van der Waals surface area contributed by atoms with Crippen LogP contribution >= 0.6 is 0 Å². The standard InChI is InChI=1S/C13H15N3O4S/c14-9-11-5-7-15(8-6-11)21(19,20)10-12-1-3-13(4-2-12)16(17)18/h1-4,11H,5-8,10H2. The van der Waals surface area contributed by atoms with Gasteiger partial charge < -0.3 is 0 Å². The number of piperidine rings is 1. The summed E-state index contributed by atoms with van der Waals surface area (Å²) in [6, 6.07) is 7.67. The molecule has 1 aromatic carbocycles. The van der Waals surface area contributed by atoms with Gasteiger partial charge >= 0.3 is 0 Å². The molecule has 0 radical (unpaired) electrons. The van der Waals surface area contributed by atoms with Gasteiger partial charge in [0.1, 0.15) is 0 Å². The Morgan fingerprint density at radius 1 is 1.29 bits per heavy atom. The first-order chi connectivity index (χ1) is 9.92. The van der Waals surface area contributed by atoms with Gasteiger partial charge in [-0.15, -0.1) is 0 Å². The first-order valence-corrected chi connectivity index (χ1v) is 8.14. The van der Waals surface area contributed by atoms with E-state index in [0.717, 1.165) is 0 Å². The van der Waals surface area contributed by atoms with Crippen molar-refractivity contribution in [2.75, 3.05) is 13.1 Å². The van der Waals surface area contributed by atoms with Crippen molar-refractivity contribution in [3.05, 3.63) is 39.9 Å². The molecule has 112 valence electrons. The number of nitro groups is 1. The van der Waals surface area contributed by atoms with Gasteiger partial charge in [-0.1, -0.05) is 12.1 Å². The Morgan fingerprint density at radius 3 is 2.33 bits per heavy atom. The summed E-state index contributed by atoms with van der Waals surface area (Å²) in [5.74, 6) is -0.252. The summed E-state index contributed by atoms with van der Waals surface area (Å²) in [4.78, 5) is 10.0. The molecular formula is C13H15N3O4S. The summed E-state index contributed by atoms with van der Waals surface area (Å²) in [7, 11) is -3.45. The fourth-order valence-corrected chi connectivity index (χ4v) is 3.84. The molecule has 0 aromatic heterocycles. The van der Waals surface area contributed by atoms with Gasteiger partial charge in [-0.2, -0.15) is 5.26 Å². The fourth-order valence-electron chi connectivity index (χ4n) is 2.28. The maximum Gasteiger partial charge on any atom is 0.269 e. The van der Waals surface area contributed by atoms with E-state index in [1.54, 1.807) is 0 Å². The molecule has 0 saturated carbocycles. The molecule has 0 unspecified atom stereocenters. The maximum absolute atomic E-state index is 12.3. The van der Waals surface area contributed by atoms with Gasteiger partial charge in [-0.3, -0.25) is 10.1 Å². The van der Waals surface area contributed by atoms with Crippen molar-refractivity contribution in [3.63, 3.8) is 0 Å². The molecule has 1 saturated heterocycles. The first-order valence-electron chi connectivity index (χ1n) is 6.53. The van der Waals surface area contributed by atoms with Crippen LogP contribution in [0, 0.1) is 27.4 Å². The van der Waals surface area contributed by atoms with Gasteiger partial charge in [-0.05, 0) is 18.4 Å². The van der Waals surface area contributed by atoms with Gasteiger partial charge in [0.2, 0.25) is 10.0 Å². The molecule has 0 N–H and O–H groups in total. The maximum atomic E-state index is 12.3. The highest BCUT2D eigenvalue weighted by atomic mass is 32.2. The van der Waals surface area contributed by atoms with Crippen LogP contribution in [-0.4, -0.2) is 30.7 Å². The molecule has 1 aromatic rings. The van der Waals surface area contributed by atoms with Crippen LogP contribution in [-0.2, 0) is 15.8 Å². The van der Waals surface area contributed by atoms with Crippen molar-refractivity contribution in [3.8, 4) is 6.07 Å². The summed E-state index contributed by atoms with van der Waals surface area (Å²) in [5, 5.41) is 19.4. The average Bonchev–Trinajstić information content (AvgIpc) is 2.47. The van der Waals surface area contributed by atoms with Crippen molar-refractivity contribution in [2.45, 2.75) is 18.6 Å². The minimum absolute atomic E-state index is 0.0639. The topological polar surface area (TPSA) is 104 Å². The molecule has 2 rings (SSSR count). The number of rotatable bonds is 4. The Hall–Kier alpha value is -1.98. The summed E-state index contributed by atoms with van der Waals surface area (Å²) in [5.41, 5.74) is 0.453. The van der Waals surface area contributed by atoms with Gasteiger partial charge in [0.15, 0.2) is 0 Å². The minimum atomic E-state index is -3.45. The van der Waals surface area contributed by atoms with E-state index >= 15 is 0 Å². The molecule has 1 fully saturated rings. The Bertz CT molecular complexity index is 656. The number of nitriles is 1. The summed E-state index contributed by atoms with van der Waals surface area (Å²) in [6.45, 7) is 0.709. The number of nitro benzene ring substituents is 1. The summed E-state index contributed by atoms with van der Waals surface area (Å²) in [6.07, 6.45) is 1.10. The van der Waals surface area contributed by atoms with Crippen molar-refractivity contribution in [1.82, 2.24) is 4.31 Å². The lowest BCUT2D eigenvalue weighted by Gasteiger charge is -2.28. The lowest BCUT2D eigenvalue weighted by Crippen LogP contribution is -2.38. The summed E-state index contributed by atoms with van der Waals surface area (Å²) < 4.78 is 25.9. The van der Waals surface area contributed by atoms with Crippen molar-refractivity contribution in [2.24, 2.45) is 5.92 Å². The van der Waals surface area contributed by atoms with Gasteiger partial charge in [0.25, 0.3) is 5.69 Å². The highest BCUT2D eigenvalue weighted by Gasteiger charge is 2.28. The van der Waals surface area contributed by atoms with Crippen LogP contribution in [0.2, 0.25) is 0 Å². The lowest BCUT2D eigenvalue weighted by atomic mass is 10.0. The van der Waals surface area contributed by atoms with Crippen LogP contribution < -0.4 is 0 Å². The second-order valence-corrected chi connectivity index (χ2v) is 6.95. The van der Waals surface area contributed by atoms with Crippen LogP contribution in [0.25, 0.3) is 0 Å². The number of sulfonamides is 1. The normalized spacial score (nSPS) is 17.3. The Kier molecular flexibility index (Phi) is 4.55. The molecule has 0 spiro atoms. The number of hydrogen-bond donors (Lipinski definition) is 0. The van der Waals surface area contributed by atoms with Crippen LogP contribution in [0.1, 0.15) is 18.4 Å². The molecule has 7 nitrogen and oxygen atoms in total. The fraction of sp³-hybridized carbons (Fsp3) is 0.462. The molecule has 1 aliphatic heterocycles. The number of nitrogens with zero attached hydrogens (tertiary/aromatic N) is 3. The second kappa shape index (κ2) is 6.20. The van der Waals surface area contributed by atoms with Crippen LogP contribution in [0.4, 0.5) is 5.69 Å². The Labute approximate surface area is 123 Å². The zero-order chi connectivity index (χ0) is 15.5. The van der Waals surface area contributed by atoms with E-state index < -0.39 is 14.9 Å². The van der Waals surface area contributed by atoms with E-state index in [4.69, 9.17) is 5.26 Å². The van der Waals surface area contributed by atoms with Gasteiger partial charge in [-0.25, -0.2) is 12.7 Å². The Balaban J connectivity index is 2.04. The number of hydrogen-bond acceptors (Lipinski definition) is 5. The van der Waals surface area contributed by atoms with Crippen LogP contribution in [0.15, 0.2) is 24.3 Å². The monoisotopic (exact) mass is 309 g/mol. The largest absolute Gasteiger partial charge is 0.269 e. The zero-order valence-electron chi connectivity index (χ0n) is 11.3. The third kappa shape index (κ3) is 3.77. The third-order valence-electron chi connectivity index (χ3n) is 3.53. The molecule has 0 atom stereocenters.